The fourth-order valence-corrected chi connectivity index (χ4v) is 3.42. The van der Waals surface area contributed by atoms with E-state index in [-0.39, 0.29) is 18.4 Å². The minimum Gasteiger partial charge on any atom is -0.506 e. The number of aliphatic hydroxyl groups excluding tert-OH is 1. The quantitative estimate of drug-likeness (QED) is 0.750. The molecule has 0 radical (unpaired) electrons. The lowest BCUT2D eigenvalue weighted by atomic mass is 10.1. The molecule has 1 fully saturated rings. The zero-order valence-electron chi connectivity index (χ0n) is 9.87. The van der Waals surface area contributed by atoms with Crippen LogP contribution in [0.3, 0.4) is 0 Å². The minimum atomic E-state index is -0.0275. The van der Waals surface area contributed by atoms with Crippen molar-refractivity contribution in [1.82, 2.24) is 10.2 Å². The van der Waals surface area contributed by atoms with Crippen molar-refractivity contribution in [2.24, 2.45) is 0 Å². The number of phenols is 1. The lowest BCUT2D eigenvalue weighted by molar-refractivity contribution is 0.110. The fourth-order valence-electron chi connectivity index (χ4n) is 2.20. The monoisotopic (exact) mass is 378 g/mol. The second-order valence-electron chi connectivity index (χ2n) is 4.32. The molecular formula is C12H16Br2N2O2. The molecule has 1 aliphatic heterocycles. The molecule has 6 heteroatoms. The van der Waals surface area contributed by atoms with Crippen molar-refractivity contribution in [3.63, 3.8) is 0 Å². The van der Waals surface area contributed by atoms with Crippen LogP contribution >= 0.6 is 31.9 Å². The van der Waals surface area contributed by atoms with Gasteiger partial charge in [-0.25, -0.2) is 0 Å². The summed E-state index contributed by atoms with van der Waals surface area (Å²) in [5, 5.41) is 22.6. The van der Waals surface area contributed by atoms with E-state index < -0.39 is 0 Å². The van der Waals surface area contributed by atoms with Gasteiger partial charge in [0, 0.05) is 26.2 Å². The van der Waals surface area contributed by atoms with Crippen molar-refractivity contribution in [3.05, 3.63) is 26.6 Å². The molecule has 0 aliphatic carbocycles. The highest BCUT2D eigenvalue weighted by Crippen LogP contribution is 2.36. The molecule has 1 aromatic rings. The predicted molar refractivity (Wildman–Crippen MR) is 77.8 cm³/mol. The maximum Gasteiger partial charge on any atom is 0.143 e. The number of hydrogen-bond acceptors (Lipinski definition) is 4. The second kappa shape index (κ2) is 6.34. The smallest absolute Gasteiger partial charge is 0.143 e. The van der Waals surface area contributed by atoms with Gasteiger partial charge in [0.2, 0.25) is 0 Å². The molecule has 0 spiro atoms. The first kappa shape index (κ1) is 14.3. The molecule has 18 heavy (non-hydrogen) atoms. The number of nitrogens with zero attached hydrogens (tertiary/aromatic N) is 1. The number of piperazine rings is 1. The molecule has 3 N–H and O–H groups in total. The Balaban J connectivity index is 2.26. The highest BCUT2D eigenvalue weighted by atomic mass is 79.9. The maximum absolute atomic E-state index is 9.72. The molecule has 100 valence electrons. The van der Waals surface area contributed by atoms with Crippen LogP contribution in [0.4, 0.5) is 0 Å². The SMILES string of the molecule is OC[C@@H](c1cc(Br)c(O)c(Br)c1)N1CCNCC1. The van der Waals surface area contributed by atoms with E-state index in [1.165, 1.54) is 0 Å². The first-order valence-electron chi connectivity index (χ1n) is 5.87. The van der Waals surface area contributed by atoms with Crippen LogP contribution in [0.5, 0.6) is 5.75 Å². The number of benzene rings is 1. The lowest BCUT2D eigenvalue weighted by Crippen LogP contribution is -2.46. The summed E-state index contributed by atoms with van der Waals surface area (Å²) in [6, 6.07) is 3.70. The molecular weight excluding hydrogens is 364 g/mol. The van der Waals surface area contributed by atoms with Crippen molar-refractivity contribution < 1.29 is 10.2 Å². The fraction of sp³-hybridized carbons (Fsp3) is 0.500. The van der Waals surface area contributed by atoms with Gasteiger partial charge in [0.15, 0.2) is 0 Å². The summed E-state index contributed by atoms with van der Waals surface area (Å²) in [6.07, 6.45) is 0. The van der Waals surface area contributed by atoms with Crippen LogP contribution in [-0.4, -0.2) is 47.9 Å². The average Bonchev–Trinajstić information content (AvgIpc) is 2.38. The number of phenolic OH excluding ortho intramolecular Hbond substituents is 1. The number of hydrogen-bond donors (Lipinski definition) is 3. The summed E-state index contributed by atoms with van der Waals surface area (Å²) in [5.41, 5.74) is 0.996. The molecule has 1 heterocycles. The number of aromatic hydroxyl groups is 1. The van der Waals surface area contributed by atoms with E-state index in [1.54, 1.807) is 0 Å². The van der Waals surface area contributed by atoms with E-state index in [0.717, 1.165) is 31.7 Å². The zero-order chi connectivity index (χ0) is 13.1. The Hall–Kier alpha value is -0.140. The van der Waals surface area contributed by atoms with Gasteiger partial charge in [0.1, 0.15) is 5.75 Å². The Kier molecular flexibility index (Phi) is 5.03. The Morgan fingerprint density at radius 2 is 1.78 bits per heavy atom. The second-order valence-corrected chi connectivity index (χ2v) is 6.03. The van der Waals surface area contributed by atoms with Gasteiger partial charge in [-0.1, -0.05) is 0 Å². The van der Waals surface area contributed by atoms with Gasteiger partial charge in [0.05, 0.1) is 21.6 Å². The van der Waals surface area contributed by atoms with Crippen molar-refractivity contribution in [2.75, 3.05) is 32.8 Å². The summed E-state index contributed by atoms with van der Waals surface area (Å²) >= 11 is 6.65. The van der Waals surface area contributed by atoms with Crippen molar-refractivity contribution in [1.29, 1.82) is 0 Å². The highest BCUT2D eigenvalue weighted by Gasteiger charge is 2.22. The standard InChI is InChI=1S/C12H16Br2N2O2/c13-9-5-8(6-10(14)12(9)18)11(7-17)16-3-1-15-2-4-16/h5-6,11,15,17-18H,1-4,7H2/t11-/m0/s1. The minimum absolute atomic E-state index is 0.0275. The Labute approximate surface area is 123 Å². The number of aliphatic hydroxyl groups is 1. The third-order valence-corrected chi connectivity index (χ3v) is 4.40. The Bertz CT molecular complexity index is 400. The zero-order valence-corrected chi connectivity index (χ0v) is 13.0. The molecule has 1 aliphatic rings. The van der Waals surface area contributed by atoms with Crippen molar-refractivity contribution in [2.45, 2.75) is 6.04 Å². The third-order valence-electron chi connectivity index (χ3n) is 3.19. The topological polar surface area (TPSA) is 55.7 Å². The summed E-state index contributed by atoms with van der Waals surface area (Å²) in [5.74, 6) is 0.191. The van der Waals surface area contributed by atoms with Crippen LogP contribution in [0, 0.1) is 0 Å². The van der Waals surface area contributed by atoms with Crippen molar-refractivity contribution in [3.8, 4) is 5.75 Å². The molecule has 1 saturated heterocycles. The van der Waals surface area contributed by atoms with Gasteiger partial charge < -0.3 is 15.5 Å². The largest absolute Gasteiger partial charge is 0.506 e. The summed E-state index contributed by atoms with van der Waals surface area (Å²) < 4.78 is 1.28. The van der Waals surface area contributed by atoms with E-state index in [4.69, 9.17) is 0 Å². The Morgan fingerprint density at radius 1 is 1.22 bits per heavy atom. The summed E-state index contributed by atoms with van der Waals surface area (Å²) in [4.78, 5) is 2.25. The molecule has 0 unspecified atom stereocenters. The lowest BCUT2D eigenvalue weighted by Gasteiger charge is -2.34. The average molecular weight is 380 g/mol. The van der Waals surface area contributed by atoms with E-state index in [1.807, 2.05) is 12.1 Å². The molecule has 0 aromatic heterocycles. The molecule has 2 rings (SSSR count). The van der Waals surface area contributed by atoms with E-state index >= 15 is 0 Å². The molecule has 1 atom stereocenters. The van der Waals surface area contributed by atoms with Crippen molar-refractivity contribution >= 4 is 31.9 Å². The van der Waals surface area contributed by atoms with Crippen LogP contribution in [-0.2, 0) is 0 Å². The number of nitrogens with one attached hydrogen (secondary N) is 1. The summed E-state index contributed by atoms with van der Waals surface area (Å²) in [6.45, 7) is 3.79. The number of halogens is 2. The van der Waals surface area contributed by atoms with Crippen LogP contribution in [0.2, 0.25) is 0 Å². The molecule has 1 aromatic carbocycles. The van der Waals surface area contributed by atoms with E-state index in [9.17, 15) is 10.2 Å². The molecule has 4 nitrogen and oxygen atoms in total. The molecule has 0 bridgehead atoms. The molecule has 0 saturated carbocycles. The highest BCUT2D eigenvalue weighted by molar-refractivity contribution is 9.11. The first-order chi connectivity index (χ1) is 8.63. The molecule has 0 amide bonds. The van der Waals surface area contributed by atoms with Crippen LogP contribution in [0.25, 0.3) is 0 Å². The normalized spacial score (nSPS) is 18.8. The van der Waals surface area contributed by atoms with Gasteiger partial charge in [-0.15, -0.1) is 0 Å². The first-order valence-corrected chi connectivity index (χ1v) is 7.45. The van der Waals surface area contributed by atoms with Gasteiger partial charge in [0.25, 0.3) is 0 Å². The van der Waals surface area contributed by atoms with Gasteiger partial charge in [-0.3, -0.25) is 4.90 Å². The predicted octanol–water partition coefficient (Wildman–Crippen LogP) is 1.86. The summed E-state index contributed by atoms with van der Waals surface area (Å²) in [7, 11) is 0. The van der Waals surface area contributed by atoms with Crippen LogP contribution < -0.4 is 5.32 Å². The van der Waals surface area contributed by atoms with Gasteiger partial charge in [-0.05, 0) is 49.6 Å². The number of rotatable bonds is 3. The maximum atomic E-state index is 9.72. The van der Waals surface area contributed by atoms with E-state index in [0.29, 0.717) is 8.95 Å². The van der Waals surface area contributed by atoms with Crippen LogP contribution in [0.1, 0.15) is 11.6 Å². The van der Waals surface area contributed by atoms with Gasteiger partial charge >= 0.3 is 0 Å². The third kappa shape index (κ3) is 3.05. The van der Waals surface area contributed by atoms with Crippen LogP contribution in [0.15, 0.2) is 21.1 Å². The van der Waals surface area contributed by atoms with Gasteiger partial charge in [-0.2, -0.15) is 0 Å². The van der Waals surface area contributed by atoms with E-state index in [2.05, 4.69) is 42.1 Å². The Morgan fingerprint density at radius 3 is 2.28 bits per heavy atom.